The molecule has 1 aliphatic rings. The Kier molecular flexibility index (Phi) is 4.37. The minimum absolute atomic E-state index is 0.0686. The number of hydrogen-bond acceptors (Lipinski definition) is 3. The minimum atomic E-state index is -0.400. The number of aromatic hydroxyl groups is 1. The molecule has 6 nitrogen and oxygen atoms in total. The molecule has 0 aromatic heterocycles. The summed E-state index contributed by atoms with van der Waals surface area (Å²) in [5.74, 6) is 0.218. The summed E-state index contributed by atoms with van der Waals surface area (Å²) >= 11 is 0. The Morgan fingerprint density at radius 2 is 1.88 bits per heavy atom. The Hall–Kier alpha value is -3.02. The highest BCUT2D eigenvalue weighted by atomic mass is 16.3. The molecule has 6 heteroatoms. The fraction of sp³-hybridized carbons (Fsp3) is 0.222. The number of hydrogen-bond donors (Lipinski definition) is 3. The van der Waals surface area contributed by atoms with Crippen molar-refractivity contribution in [2.24, 2.45) is 0 Å². The first-order chi connectivity index (χ1) is 11.5. The van der Waals surface area contributed by atoms with Crippen molar-refractivity contribution in [3.05, 3.63) is 48.0 Å². The van der Waals surface area contributed by atoms with Gasteiger partial charge in [0.2, 0.25) is 5.91 Å². The molecule has 0 atom stereocenters. The van der Waals surface area contributed by atoms with Crippen LogP contribution in [-0.4, -0.2) is 23.6 Å². The van der Waals surface area contributed by atoms with Crippen molar-refractivity contribution in [2.75, 3.05) is 22.1 Å². The van der Waals surface area contributed by atoms with Gasteiger partial charge in [-0.05, 0) is 49.2 Å². The van der Waals surface area contributed by atoms with Crippen LogP contribution in [0.3, 0.4) is 0 Å². The van der Waals surface area contributed by atoms with Crippen molar-refractivity contribution in [1.29, 1.82) is 0 Å². The van der Waals surface area contributed by atoms with Crippen molar-refractivity contribution in [3.63, 3.8) is 0 Å². The molecule has 24 heavy (non-hydrogen) atoms. The summed E-state index contributed by atoms with van der Waals surface area (Å²) in [5.41, 5.74) is 2.66. The van der Waals surface area contributed by atoms with E-state index in [0.717, 1.165) is 12.0 Å². The molecule has 1 aliphatic heterocycles. The lowest BCUT2D eigenvalue weighted by Gasteiger charge is -2.20. The highest BCUT2D eigenvalue weighted by molar-refractivity contribution is 6.05. The molecule has 0 unspecified atom stereocenters. The van der Waals surface area contributed by atoms with E-state index in [9.17, 15) is 14.7 Å². The molecule has 2 aromatic carbocycles. The first-order valence-electron chi connectivity index (χ1n) is 7.81. The van der Waals surface area contributed by atoms with Gasteiger partial charge in [-0.1, -0.05) is 12.1 Å². The number of urea groups is 1. The Bertz CT molecular complexity index is 789. The number of benzene rings is 2. The average Bonchev–Trinajstić information content (AvgIpc) is 2.97. The van der Waals surface area contributed by atoms with Crippen molar-refractivity contribution < 1.29 is 14.7 Å². The molecule has 1 fully saturated rings. The van der Waals surface area contributed by atoms with Crippen LogP contribution in [0.2, 0.25) is 0 Å². The normalized spacial score (nSPS) is 13.9. The maximum absolute atomic E-state index is 12.3. The number of rotatable bonds is 3. The van der Waals surface area contributed by atoms with Crippen LogP contribution in [0.15, 0.2) is 42.5 Å². The number of carbonyl (C=O) groups excluding carboxylic acids is 2. The van der Waals surface area contributed by atoms with E-state index in [1.54, 1.807) is 30.0 Å². The van der Waals surface area contributed by atoms with E-state index in [4.69, 9.17) is 0 Å². The number of phenols is 1. The maximum atomic E-state index is 12.3. The molecule has 3 amide bonds. The number of aryl methyl sites for hydroxylation is 1. The van der Waals surface area contributed by atoms with Crippen molar-refractivity contribution in [1.82, 2.24) is 0 Å². The topological polar surface area (TPSA) is 81.7 Å². The van der Waals surface area contributed by atoms with Crippen LogP contribution >= 0.6 is 0 Å². The van der Waals surface area contributed by atoms with Gasteiger partial charge in [-0.15, -0.1) is 0 Å². The molecular weight excluding hydrogens is 306 g/mol. The molecule has 0 saturated carbocycles. The highest BCUT2D eigenvalue weighted by Gasteiger charge is 2.24. The minimum Gasteiger partial charge on any atom is -0.508 e. The van der Waals surface area contributed by atoms with E-state index in [1.165, 1.54) is 6.07 Å². The summed E-state index contributed by atoms with van der Waals surface area (Å²) in [4.78, 5) is 25.9. The van der Waals surface area contributed by atoms with Gasteiger partial charge in [-0.25, -0.2) is 4.79 Å². The first-order valence-corrected chi connectivity index (χ1v) is 7.81. The quantitative estimate of drug-likeness (QED) is 0.756. The van der Waals surface area contributed by atoms with E-state index in [-0.39, 0.29) is 11.7 Å². The van der Waals surface area contributed by atoms with E-state index >= 15 is 0 Å². The predicted octanol–water partition coefficient (Wildman–Crippen LogP) is 3.47. The monoisotopic (exact) mass is 325 g/mol. The fourth-order valence-electron chi connectivity index (χ4n) is 2.78. The lowest BCUT2D eigenvalue weighted by Crippen LogP contribution is -2.26. The zero-order valence-electron chi connectivity index (χ0n) is 13.4. The zero-order valence-corrected chi connectivity index (χ0v) is 13.4. The summed E-state index contributed by atoms with van der Waals surface area (Å²) in [6.45, 7) is 2.46. The van der Waals surface area contributed by atoms with Gasteiger partial charge < -0.3 is 20.6 Å². The van der Waals surface area contributed by atoms with Gasteiger partial charge in [-0.3, -0.25) is 4.79 Å². The fourth-order valence-corrected chi connectivity index (χ4v) is 2.78. The molecule has 124 valence electrons. The standard InChI is InChI=1S/C18H19N3O3/c1-12-11-13(22)8-9-14(12)19-18(24)20-15-5-2-3-6-16(15)21-10-4-7-17(21)23/h2-3,5-6,8-9,11,22H,4,7,10H2,1H3,(H2,19,20,24). The summed E-state index contributed by atoms with van der Waals surface area (Å²) < 4.78 is 0. The second-order valence-electron chi connectivity index (χ2n) is 5.74. The number of para-hydroxylation sites is 2. The molecule has 1 heterocycles. The third-order valence-corrected chi connectivity index (χ3v) is 3.97. The number of carbonyl (C=O) groups is 2. The van der Waals surface area contributed by atoms with Gasteiger partial charge in [0.15, 0.2) is 0 Å². The second kappa shape index (κ2) is 6.62. The largest absolute Gasteiger partial charge is 0.508 e. The van der Waals surface area contributed by atoms with Crippen LogP contribution in [0.1, 0.15) is 18.4 Å². The summed E-state index contributed by atoms with van der Waals surface area (Å²) in [6.07, 6.45) is 1.36. The molecule has 3 N–H and O–H groups in total. The molecule has 0 radical (unpaired) electrons. The van der Waals surface area contributed by atoms with Crippen LogP contribution in [0.5, 0.6) is 5.75 Å². The number of phenolic OH excluding ortho intramolecular Hbond substituents is 1. The van der Waals surface area contributed by atoms with E-state index in [2.05, 4.69) is 10.6 Å². The van der Waals surface area contributed by atoms with Crippen LogP contribution < -0.4 is 15.5 Å². The first kappa shape index (κ1) is 15.9. The summed E-state index contributed by atoms with van der Waals surface area (Å²) in [5, 5.41) is 15.0. The highest BCUT2D eigenvalue weighted by Crippen LogP contribution is 2.29. The molecule has 3 rings (SSSR count). The van der Waals surface area contributed by atoms with Gasteiger partial charge in [0.05, 0.1) is 11.4 Å². The lowest BCUT2D eigenvalue weighted by atomic mass is 10.2. The molecule has 1 saturated heterocycles. The molecule has 0 aliphatic carbocycles. The summed E-state index contributed by atoms with van der Waals surface area (Å²) in [7, 11) is 0. The Morgan fingerprint density at radius 3 is 2.58 bits per heavy atom. The van der Waals surface area contributed by atoms with E-state index < -0.39 is 6.03 Å². The third-order valence-electron chi connectivity index (χ3n) is 3.97. The number of amides is 3. The molecule has 2 aromatic rings. The third kappa shape index (κ3) is 3.32. The van der Waals surface area contributed by atoms with Gasteiger partial charge in [0.25, 0.3) is 0 Å². The van der Waals surface area contributed by atoms with Crippen LogP contribution in [-0.2, 0) is 4.79 Å². The van der Waals surface area contributed by atoms with Crippen LogP contribution in [0, 0.1) is 6.92 Å². The van der Waals surface area contributed by atoms with E-state index in [1.807, 2.05) is 18.2 Å². The zero-order chi connectivity index (χ0) is 17.1. The van der Waals surface area contributed by atoms with Crippen molar-refractivity contribution >= 4 is 29.0 Å². The molecule has 0 spiro atoms. The Balaban J connectivity index is 1.76. The van der Waals surface area contributed by atoms with Gasteiger partial charge in [0.1, 0.15) is 5.75 Å². The Labute approximate surface area is 140 Å². The summed E-state index contributed by atoms with van der Waals surface area (Å²) in [6, 6.07) is 11.6. The number of nitrogens with zero attached hydrogens (tertiary/aromatic N) is 1. The maximum Gasteiger partial charge on any atom is 0.323 e. The van der Waals surface area contributed by atoms with Gasteiger partial charge >= 0.3 is 6.03 Å². The van der Waals surface area contributed by atoms with Gasteiger partial charge in [0, 0.05) is 18.7 Å². The van der Waals surface area contributed by atoms with Crippen molar-refractivity contribution in [2.45, 2.75) is 19.8 Å². The van der Waals surface area contributed by atoms with Gasteiger partial charge in [-0.2, -0.15) is 0 Å². The van der Waals surface area contributed by atoms with Crippen molar-refractivity contribution in [3.8, 4) is 5.75 Å². The number of anilines is 3. The van der Waals surface area contributed by atoms with Crippen LogP contribution in [0.4, 0.5) is 21.9 Å². The lowest BCUT2D eigenvalue weighted by molar-refractivity contribution is -0.117. The smallest absolute Gasteiger partial charge is 0.323 e. The van der Waals surface area contributed by atoms with Crippen LogP contribution in [0.25, 0.3) is 0 Å². The predicted molar refractivity (Wildman–Crippen MR) is 93.5 cm³/mol. The Morgan fingerprint density at radius 1 is 1.12 bits per heavy atom. The second-order valence-corrected chi connectivity index (χ2v) is 5.74. The molecular formula is C18H19N3O3. The SMILES string of the molecule is Cc1cc(O)ccc1NC(=O)Nc1ccccc1N1CCCC1=O. The molecule has 0 bridgehead atoms. The number of nitrogens with one attached hydrogen (secondary N) is 2. The average molecular weight is 325 g/mol. The van der Waals surface area contributed by atoms with E-state index in [0.29, 0.717) is 30.0 Å².